The van der Waals surface area contributed by atoms with Crippen LogP contribution in [0, 0.1) is 6.92 Å². The van der Waals surface area contributed by atoms with Crippen LogP contribution in [0.25, 0.3) is 28.3 Å². The zero-order valence-corrected chi connectivity index (χ0v) is 18.9. The third kappa shape index (κ3) is 3.20. The Morgan fingerprint density at radius 3 is 2.61 bits per heavy atom. The van der Waals surface area contributed by atoms with Gasteiger partial charge in [0.15, 0.2) is 17.5 Å². The first-order chi connectivity index (χ1) is 16.3. The molecule has 1 aromatic carbocycles. The van der Waals surface area contributed by atoms with E-state index in [1.807, 2.05) is 37.5 Å². The van der Waals surface area contributed by atoms with Crippen LogP contribution in [-0.4, -0.2) is 40.7 Å². The predicted molar refractivity (Wildman–Crippen MR) is 126 cm³/mol. The molecule has 0 amide bonds. The number of fused-ring (bicyclic) bond motifs is 3. The maximum absolute atomic E-state index is 5.17. The lowest BCUT2D eigenvalue weighted by molar-refractivity contribution is 0.468. The number of aryl methyl sites for hydroxylation is 1. The largest absolute Gasteiger partial charge is 0.342 e. The zero-order chi connectivity index (χ0) is 22.4. The normalized spacial score (nSPS) is 17.8. The molecule has 1 aliphatic carbocycles. The Morgan fingerprint density at radius 2 is 1.82 bits per heavy atom. The van der Waals surface area contributed by atoms with Gasteiger partial charge in [-0.1, -0.05) is 50.1 Å². The van der Waals surface area contributed by atoms with Crippen molar-refractivity contribution in [2.75, 3.05) is 4.90 Å². The molecule has 6 rings (SSSR count). The molecule has 8 heteroatoms. The zero-order valence-electron chi connectivity index (χ0n) is 18.9. The summed E-state index contributed by atoms with van der Waals surface area (Å²) in [5.41, 5.74) is 3.64. The number of rotatable bonds is 4. The van der Waals surface area contributed by atoms with Gasteiger partial charge in [-0.2, -0.15) is 0 Å². The summed E-state index contributed by atoms with van der Waals surface area (Å²) in [5, 5.41) is 8.96. The molecule has 0 spiro atoms. The molecule has 0 radical (unpaired) electrons. The van der Waals surface area contributed by atoms with Crippen LogP contribution in [0.5, 0.6) is 0 Å². The average Bonchev–Trinajstić information content (AvgIpc) is 3.54. The van der Waals surface area contributed by atoms with Gasteiger partial charge in [0, 0.05) is 17.8 Å². The molecular formula is C25H26N8. The molecule has 0 N–H and O–H groups in total. The molecule has 166 valence electrons. The number of hydrogen-bond acceptors (Lipinski definition) is 7. The van der Waals surface area contributed by atoms with Gasteiger partial charge in [0.1, 0.15) is 17.8 Å². The fraction of sp³-hybridized carbons (Fsp3) is 0.360. The van der Waals surface area contributed by atoms with Crippen LogP contribution in [0.2, 0.25) is 0 Å². The lowest BCUT2D eigenvalue weighted by Crippen LogP contribution is -2.42. The van der Waals surface area contributed by atoms with E-state index in [4.69, 9.17) is 9.97 Å². The summed E-state index contributed by atoms with van der Waals surface area (Å²) >= 11 is 0. The van der Waals surface area contributed by atoms with Crippen LogP contribution in [0.15, 0.2) is 49.1 Å². The Balaban J connectivity index is 1.55. The van der Waals surface area contributed by atoms with E-state index in [-0.39, 0.29) is 6.04 Å². The number of anilines is 1. The Labute approximate surface area is 192 Å². The number of aromatic nitrogens is 7. The molecule has 33 heavy (non-hydrogen) atoms. The Kier molecular flexibility index (Phi) is 4.86. The minimum absolute atomic E-state index is 0.144. The third-order valence-electron chi connectivity index (χ3n) is 6.82. The fourth-order valence-electron chi connectivity index (χ4n) is 5.32. The first-order valence-corrected chi connectivity index (χ1v) is 11.7. The second-order valence-corrected chi connectivity index (χ2v) is 8.76. The highest BCUT2D eigenvalue weighted by Crippen LogP contribution is 2.43. The van der Waals surface area contributed by atoms with E-state index in [0.717, 1.165) is 46.4 Å². The number of nitrogens with zero attached hydrogens (tertiary/aromatic N) is 8. The Bertz CT molecular complexity index is 1290. The average molecular weight is 439 g/mol. The quantitative estimate of drug-likeness (QED) is 0.456. The van der Waals surface area contributed by atoms with Crippen LogP contribution in [0.1, 0.15) is 56.7 Å². The molecule has 1 fully saturated rings. The van der Waals surface area contributed by atoms with Crippen LogP contribution >= 0.6 is 0 Å². The van der Waals surface area contributed by atoms with Gasteiger partial charge in [-0.05, 0) is 26.2 Å². The first-order valence-electron chi connectivity index (χ1n) is 11.7. The lowest BCUT2D eigenvalue weighted by Gasteiger charge is -2.41. The van der Waals surface area contributed by atoms with Gasteiger partial charge < -0.3 is 4.90 Å². The molecule has 0 bridgehead atoms. The van der Waals surface area contributed by atoms with Crippen molar-refractivity contribution in [2.24, 2.45) is 0 Å². The highest BCUT2D eigenvalue weighted by molar-refractivity contribution is 5.78. The van der Waals surface area contributed by atoms with Crippen LogP contribution < -0.4 is 4.90 Å². The van der Waals surface area contributed by atoms with Crippen LogP contribution in [0.3, 0.4) is 0 Å². The van der Waals surface area contributed by atoms with Gasteiger partial charge >= 0.3 is 0 Å². The van der Waals surface area contributed by atoms with E-state index in [9.17, 15) is 0 Å². The van der Waals surface area contributed by atoms with Gasteiger partial charge in [-0.15, -0.1) is 10.2 Å². The monoisotopic (exact) mass is 438 g/mol. The molecule has 1 atom stereocenters. The molecule has 0 saturated heterocycles. The van der Waals surface area contributed by atoms with Crippen LogP contribution in [0.4, 0.5) is 5.82 Å². The van der Waals surface area contributed by atoms with E-state index in [1.54, 1.807) is 6.33 Å². The summed E-state index contributed by atoms with van der Waals surface area (Å²) in [6.45, 7) is 4.21. The molecule has 4 aromatic rings. The van der Waals surface area contributed by atoms with Crippen molar-refractivity contribution in [2.45, 2.75) is 58.0 Å². The SMILES string of the molecule is CC[C@@H]1c2nnc(C)n2-c2cnc(-c3cncnc3-c3ccccc3)nc2N1C1CCCC1. The van der Waals surface area contributed by atoms with Gasteiger partial charge in [0.25, 0.3) is 0 Å². The summed E-state index contributed by atoms with van der Waals surface area (Å²) in [4.78, 5) is 21.3. The summed E-state index contributed by atoms with van der Waals surface area (Å²) in [7, 11) is 0. The number of hydrogen-bond donors (Lipinski definition) is 0. The van der Waals surface area contributed by atoms with Crippen molar-refractivity contribution >= 4 is 5.82 Å². The van der Waals surface area contributed by atoms with E-state index in [0.29, 0.717) is 11.9 Å². The van der Waals surface area contributed by atoms with E-state index in [2.05, 4.69) is 48.7 Å². The van der Waals surface area contributed by atoms with Crippen molar-refractivity contribution in [1.82, 2.24) is 34.7 Å². The van der Waals surface area contributed by atoms with E-state index >= 15 is 0 Å². The summed E-state index contributed by atoms with van der Waals surface area (Å²) in [5.74, 6) is 3.44. The van der Waals surface area contributed by atoms with Gasteiger partial charge in [0.05, 0.1) is 23.5 Å². The second kappa shape index (κ2) is 8.03. The summed E-state index contributed by atoms with van der Waals surface area (Å²) < 4.78 is 2.12. The maximum atomic E-state index is 5.17. The van der Waals surface area contributed by atoms with Crippen molar-refractivity contribution in [3.8, 4) is 28.3 Å². The second-order valence-electron chi connectivity index (χ2n) is 8.76. The van der Waals surface area contributed by atoms with Crippen molar-refractivity contribution in [1.29, 1.82) is 0 Å². The third-order valence-corrected chi connectivity index (χ3v) is 6.82. The van der Waals surface area contributed by atoms with Crippen molar-refractivity contribution < 1.29 is 0 Å². The highest BCUT2D eigenvalue weighted by Gasteiger charge is 2.39. The molecule has 0 unspecified atom stereocenters. The van der Waals surface area contributed by atoms with Gasteiger partial charge in [-0.25, -0.2) is 19.9 Å². The molecule has 1 aliphatic heterocycles. The van der Waals surface area contributed by atoms with Gasteiger partial charge in [0.2, 0.25) is 0 Å². The molecule has 4 heterocycles. The highest BCUT2D eigenvalue weighted by atomic mass is 15.4. The minimum atomic E-state index is 0.144. The number of benzene rings is 1. The predicted octanol–water partition coefficient (Wildman–Crippen LogP) is 4.70. The smallest absolute Gasteiger partial charge is 0.165 e. The Hall–Kier alpha value is -3.68. The molecule has 8 nitrogen and oxygen atoms in total. The van der Waals surface area contributed by atoms with E-state index in [1.165, 1.54) is 25.7 Å². The van der Waals surface area contributed by atoms with Crippen molar-refractivity contribution in [3.63, 3.8) is 0 Å². The molecular weight excluding hydrogens is 412 g/mol. The van der Waals surface area contributed by atoms with Crippen molar-refractivity contribution in [3.05, 3.63) is 60.7 Å². The van der Waals surface area contributed by atoms with Crippen LogP contribution in [-0.2, 0) is 0 Å². The summed E-state index contributed by atoms with van der Waals surface area (Å²) in [6, 6.07) is 10.7. The minimum Gasteiger partial charge on any atom is -0.342 e. The van der Waals surface area contributed by atoms with E-state index < -0.39 is 0 Å². The fourth-order valence-corrected chi connectivity index (χ4v) is 5.32. The molecule has 3 aromatic heterocycles. The lowest BCUT2D eigenvalue weighted by atomic mass is 10.0. The molecule has 1 saturated carbocycles. The topological polar surface area (TPSA) is 85.5 Å². The standard InChI is InChI=1S/C25H26N8/c1-3-20-25-31-30-16(2)32(25)21-14-27-23(29-24(21)33(20)18-11-7-8-12-18)19-13-26-15-28-22(19)17-9-5-4-6-10-17/h4-6,9-10,13-15,18,20H,3,7-8,11-12H2,1-2H3/t20-/m1/s1. The summed E-state index contributed by atoms with van der Waals surface area (Å²) in [6.07, 6.45) is 11.1. The first kappa shape index (κ1) is 20.0. The maximum Gasteiger partial charge on any atom is 0.165 e. The Morgan fingerprint density at radius 1 is 1.00 bits per heavy atom. The van der Waals surface area contributed by atoms with Gasteiger partial charge in [-0.3, -0.25) is 4.57 Å². The molecule has 2 aliphatic rings.